The number of hydrogen-bond donors (Lipinski definition) is 1. The normalized spacial score (nSPS) is 24.1. The van der Waals surface area contributed by atoms with Crippen LogP contribution in [0.2, 0.25) is 5.02 Å². The standard InChI is InChI=1S/C10H9ClO4S/c11-6-1-3-7(4-2-6)16(14,15)9-5-8(9)10(12)13/h1-4,8-9H,5H2,(H,12,13)/t8-,9-/m1/s1. The fraction of sp³-hybridized carbons (Fsp3) is 0.300. The molecule has 1 aliphatic carbocycles. The van der Waals surface area contributed by atoms with Crippen molar-refractivity contribution in [3.05, 3.63) is 29.3 Å². The van der Waals surface area contributed by atoms with Crippen LogP contribution in [0.3, 0.4) is 0 Å². The molecule has 1 fully saturated rings. The number of rotatable bonds is 3. The van der Waals surface area contributed by atoms with Crippen LogP contribution in [0.5, 0.6) is 0 Å². The summed E-state index contributed by atoms with van der Waals surface area (Å²) >= 11 is 5.65. The molecule has 1 aromatic carbocycles. The highest BCUT2D eigenvalue weighted by Crippen LogP contribution is 2.40. The van der Waals surface area contributed by atoms with Gasteiger partial charge in [0.1, 0.15) is 0 Å². The Morgan fingerprint density at radius 2 is 1.88 bits per heavy atom. The number of hydrogen-bond acceptors (Lipinski definition) is 3. The molecule has 0 unspecified atom stereocenters. The summed E-state index contributed by atoms with van der Waals surface area (Å²) in [4.78, 5) is 10.7. The molecular weight excluding hydrogens is 252 g/mol. The first-order valence-corrected chi connectivity index (χ1v) is 6.57. The van der Waals surface area contributed by atoms with E-state index < -0.39 is 27.0 Å². The molecule has 4 nitrogen and oxygen atoms in total. The van der Waals surface area contributed by atoms with E-state index in [9.17, 15) is 13.2 Å². The maximum atomic E-state index is 11.9. The number of carboxylic acids is 1. The number of aliphatic carboxylic acids is 1. The van der Waals surface area contributed by atoms with Crippen molar-refractivity contribution in [2.45, 2.75) is 16.6 Å². The summed E-state index contributed by atoms with van der Waals surface area (Å²) in [7, 11) is -3.52. The molecule has 6 heteroatoms. The third kappa shape index (κ3) is 1.92. The molecular formula is C10H9ClO4S. The molecule has 0 bridgehead atoms. The van der Waals surface area contributed by atoms with E-state index in [0.29, 0.717) is 5.02 Å². The van der Waals surface area contributed by atoms with Gasteiger partial charge in [-0.05, 0) is 30.7 Å². The zero-order valence-electron chi connectivity index (χ0n) is 8.13. The molecule has 0 radical (unpaired) electrons. The highest BCUT2D eigenvalue weighted by Gasteiger charge is 2.52. The van der Waals surface area contributed by atoms with Crippen molar-refractivity contribution in [1.82, 2.24) is 0 Å². The van der Waals surface area contributed by atoms with E-state index in [2.05, 4.69) is 0 Å². The summed E-state index contributed by atoms with van der Waals surface area (Å²) in [5.74, 6) is -1.82. The first-order chi connectivity index (χ1) is 7.43. The van der Waals surface area contributed by atoms with Crippen molar-refractivity contribution in [3.63, 3.8) is 0 Å². The fourth-order valence-corrected chi connectivity index (χ4v) is 3.57. The minimum atomic E-state index is -3.52. The Morgan fingerprint density at radius 3 is 2.31 bits per heavy atom. The van der Waals surface area contributed by atoms with Gasteiger partial charge in [0, 0.05) is 5.02 Å². The number of carbonyl (C=O) groups is 1. The minimum Gasteiger partial charge on any atom is -0.481 e. The van der Waals surface area contributed by atoms with E-state index in [-0.39, 0.29) is 11.3 Å². The summed E-state index contributed by atoms with van der Waals surface area (Å²) < 4.78 is 23.8. The predicted octanol–water partition coefficient (Wildman–Crippen LogP) is 1.59. The van der Waals surface area contributed by atoms with Crippen LogP contribution >= 0.6 is 11.6 Å². The smallest absolute Gasteiger partial charge is 0.307 e. The molecule has 1 saturated carbocycles. The molecule has 2 rings (SSSR count). The van der Waals surface area contributed by atoms with Crippen LogP contribution in [-0.4, -0.2) is 24.7 Å². The molecule has 0 aromatic heterocycles. The Morgan fingerprint density at radius 1 is 1.31 bits per heavy atom. The molecule has 0 saturated heterocycles. The lowest BCUT2D eigenvalue weighted by atomic mass is 10.4. The van der Waals surface area contributed by atoms with E-state index in [0.717, 1.165) is 0 Å². The second-order valence-electron chi connectivity index (χ2n) is 3.72. The van der Waals surface area contributed by atoms with Gasteiger partial charge in [-0.3, -0.25) is 4.79 Å². The van der Waals surface area contributed by atoms with Crippen LogP contribution in [-0.2, 0) is 14.6 Å². The Balaban J connectivity index is 2.28. The Hall–Kier alpha value is -1.07. The highest BCUT2D eigenvalue weighted by atomic mass is 35.5. The number of carboxylic acid groups (broad SMARTS) is 1. The average molecular weight is 261 g/mol. The van der Waals surface area contributed by atoms with Crippen molar-refractivity contribution < 1.29 is 18.3 Å². The van der Waals surface area contributed by atoms with Gasteiger partial charge in [0.25, 0.3) is 0 Å². The lowest BCUT2D eigenvalue weighted by Crippen LogP contribution is -2.13. The summed E-state index contributed by atoms with van der Waals surface area (Å²) in [5, 5.41) is 8.36. The zero-order chi connectivity index (χ0) is 11.9. The van der Waals surface area contributed by atoms with Crippen molar-refractivity contribution >= 4 is 27.4 Å². The first kappa shape index (κ1) is 11.4. The monoisotopic (exact) mass is 260 g/mol. The van der Waals surface area contributed by atoms with Crippen molar-refractivity contribution in [1.29, 1.82) is 0 Å². The van der Waals surface area contributed by atoms with Crippen LogP contribution in [0.25, 0.3) is 0 Å². The number of benzene rings is 1. The minimum absolute atomic E-state index is 0.130. The molecule has 86 valence electrons. The predicted molar refractivity (Wildman–Crippen MR) is 58.2 cm³/mol. The fourth-order valence-electron chi connectivity index (χ4n) is 1.57. The van der Waals surface area contributed by atoms with E-state index in [1.807, 2.05) is 0 Å². The van der Waals surface area contributed by atoms with Gasteiger partial charge in [0.2, 0.25) is 0 Å². The van der Waals surface area contributed by atoms with Gasteiger partial charge >= 0.3 is 5.97 Å². The second kappa shape index (κ2) is 3.75. The van der Waals surface area contributed by atoms with Crippen molar-refractivity contribution in [3.8, 4) is 0 Å². The maximum absolute atomic E-state index is 11.9. The Labute approximate surface area is 97.8 Å². The van der Waals surface area contributed by atoms with Gasteiger partial charge in [-0.15, -0.1) is 0 Å². The average Bonchev–Trinajstić information content (AvgIpc) is 2.98. The van der Waals surface area contributed by atoms with E-state index in [1.165, 1.54) is 24.3 Å². The summed E-state index contributed by atoms with van der Waals surface area (Å²) in [6.07, 6.45) is 0.195. The summed E-state index contributed by atoms with van der Waals surface area (Å²) in [6, 6.07) is 5.75. The first-order valence-electron chi connectivity index (χ1n) is 4.65. The third-order valence-corrected chi connectivity index (χ3v) is 5.09. The van der Waals surface area contributed by atoms with E-state index in [1.54, 1.807) is 0 Å². The molecule has 0 amide bonds. The lowest BCUT2D eigenvalue weighted by molar-refractivity contribution is -0.138. The van der Waals surface area contributed by atoms with Gasteiger partial charge in [0.15, 0.2) is 9.84 Å². The zero-order valence-corrected chi connectivity index (χ0v) is 9.70. The molecule has 0 spiro atoms. The molecule has 0 heterocycles. The van der Waals surface area contributed by atoms with Gasteiger partial charge in [-0.1, -0.05) is 11.6 Å². The van der Waals surface area contributed by atoms with Crippen LogP contribution in [0.1, 0.15) is 6.42 Å². The molecule has 0 aliphatic heterocycles. The van der Waals surface area contributed by atoms with Crippen LogP contribution in [0, 0.1) is 5.92 Å². The molecule has 1 aromatic rings. The van der Waals surface area contributed by atoms with Crippen molar-refractivity contribution in [2.75, 3.05) is 0 Å². The molecule has 2 atom stereocenters. The Bertz CT molecular complexity index is 520. The van der Waals surface area contributed by atoms with Gasteiger partial charge in [-0.25, -0.2) is 8.42 Å². The van der Waals surface area contributed by atoms with Gasteiger partial charge < -0.3 is 5.11 Å². The SMILES string of the molecule is O=C(O)[C@@H]1C[C@H]1S(=O)(=O)c1ccc(Cl)cc1. The quantitative estimate of drug-likeness (QED) is 0.896. The number of halogens is 1. The highest BCUT2D eigenvalue weighted by molar-refractivity contribution is 7.92. The lowest BCUT2D eigenvalue weighted by Gasteiger charge is -2.02. The topological polar surface area (TPSA) is 71.4 Å². The molecule has 1 aliphatic rings. The van der Waals surface area contributed by atoms with Crippen molar-refractivity contribution in [2.24, 2.45) is 5.92 Å². The van der Waals surface area contributed by atoms with Crippen LogP contribution < -0.4 is 0 Å². The summed E-state index contributed by atoms with van der Waals surface area (Å²) in [5.41, 5.74) is 0. The van der Waals surface area contributed by atoms with Crippen LogP contribution in [0.4, 0.5) is 0 Å². The van der Waals surface area contributed by atoms with E-state index >= 15 is 0 Å². The van der Waals surface area contributed by atoms with Gasteiger partial charge in [0.05, 0.1) is 16.1 Å². The van der Waals surface area contributed by atoms with E-state index in [4.69, 9.17) is 16.7 Å². The second-order valence-corrected chi connectivity index (χ2v) is 6.32. The Kier molecular flexibility index (Phi) is 2.67. The molecule has 1 N–H and O–H groups in total. The van der Waals surface area contributed by atoms with Gasteiger partial charge in [-0.2, -0.15) is 0 Å². The molecule has 16 heavy (non-hydrogen) atoms. The third-order valence-electron chi connectivity index (χ3n) is 2.59. The number of sulfone groups is 1. The summed E-state index contributed by atoms with van der Waals surface area (Å²) in [6.45, 7) is 0. The maximum Gasteiger partial charge on any atom is 0.307 e. The van der Waals surface area contributed by atoms with Crippen LogP contribution in [0.15, 0.2) is 29.2 Å². The largest absolute Gasteiger partial charge is 0.481 e.